The zero-order valence-corrected chi connectivity index (χ0v) is 13.8. The van der Waals surface area contributed by atoms with E-state index in [4.69, 9.17) is 9.47 Å². The van der Waals surface area contributed by atoms with Crippen LogP contribution in [0.5, 0.6) is 5.75 Å². The first-order chi connectivity index (χ1) is 8.99. The summed E-state index contributed by atoms with van der Waals surface area (Å²) < 4.78 is 12.1. The Balaban J connectivity index is 2.43. The fourth-order valence-electron chi connectivity index (χ4n) is 1.53. The first kappa shape index (κ1) is 16.5. The molecule has 108 valence electrons. The first-order valence-corrected chi connectivity index (χ1v) is 7.54. The molecular weight excluding hydrogens is 306 g/mol. The van der Waals surface area contributed by atoms with Crippen molar-refractivity contribution in [2.75, 3.05) is 13.2 Å². The molecule has 0 aliphatic heterocycles. The predicted octanol–water partition coefficient (Wildman–Crippen LogP) is 3.75. The van der Waals surface area contributed by atoms with Gasteiger partial charge in [-0.15, -0.1) is 0 Å². The van der Waals surface area contributed by atoms with E-state index in [1.54, 1.807) is 0 Å². The summed E-state index contributed by atoms with van der Waals surface area (Å²) in [6, 6.07) is 6.66. The second kappa shape index (κ2) is 8.56. The van der Waals surface area contributed by atoms with Crippen LogP contribution >= 0.6 is 15.9 Å². The van der Waals surface area contributed by atoms with Crippen LogP contribution in [-0.4, -0.2) is 25.4 Å². The Labute approximate surface area is 124 Å². The molecule has 0 aliphatic rings. The number of benzene rings is 1. The van der Waals surface area contributed by atoms with Gasteiger partial charge in [0.1, 0.15) is 12.4 Å². The van der Waals surface area contributed by atoms with E-state index in [0.717, 1.165) is 16.8 Å². The standard InChI is InChI=1S/C15H24BrNO2/c1-11(2)17-10-13-5-6-15(14(16)9-13)19-8-7-18-12(3)4/h5-6,9,11-12,17H,7-8,10H2,1-4H3. The van der Waals surface area contributed by atoms with Crippen molar-refractivity contribution in [3.8, 4) is 5.75 Å². The molecule has 0 amide bonds. The minimum absolute atomic E-state index is 0.247. The third kappa shape index (κ3) is 6.95. The van der Waals surface area contributed by atoms with Gasteiger partial charge in [-0.25, -0.2) is 0 Å². The van der Waals surface area contributed by atoms with E-state index >= 15 is 0 Å². The van der Waals surface area contributed by atoms with E-state index in [9.17, 15) is 0 Å². The number of halogens is 1. The predicted molar refractivity (Wildman–Crippen MR) is 82.7 cm³/mol. The van der Waals surface area contributed by atoms with Crippen LogP contribution in [0, 0.1) is 0 Å². The maximum absolute atomic E-state index is 5.68. The number of hydrogen-bond donors (Lipinski definition) is 1. The lowest BCUT2D eigenvalue weighted by molar-refractivity contribution is 0.0551. The van der Waals surface area contributed by atoms with Gasteiger partial charge in [0, 0.05) is 12.6 Å². The van der Waals surface area contributed by atoms with Crippen LogP contribution in [0.15, 0.2) is 22.7 Å². The molecule has 0 saturated heterocycles. The van der Waals surface area contributed by atoms with Crippen LogP contribution in [0.25, 0.3) is 0 Å². The molecule has 0 fully saturated rings. The molecule has 0 unspecified atom stereocenters. The van der Waals surface area contributed by atoms with Gasteiger partial charge in [0.2, 0.25) is 0 Å². The second-order valence-corrected chi connectivity index (χ2v) is 5.92. The third-order valence-corrected chi connectivity index (χ3v) is 3.12. The molecular formula is C15H24BrNO2. The summed E-state index contributed by atoms with van der Waals surface area (Å²) in [5.74, 6) is 0.862. The van der Waals surface area contributed by atoms with Crippen molar-refractivity contribution in [2.45, 2.75) is 46.4 Å². The van der Waals surface area contributed by atoms with Crippen LogP contribution in [0.3, 0.4) is 0 Å². The molecule has 1 rings (SSSR count). The summed E-state index contributed by atoms with van der Waals surface area (Å²) in [5, 5.41) is 3.39. The minimum Gasteiger partial charge on any atom is -0.490 e. The minimum atomic E-state index is 0.247. The molecule has 0 aromatic heterocycles. The van der Waals surface area contributed by atoms with Crippen molar-refractivity contribution in [2.24, 2.45) is 0 Å². The van der Waals surface area contributed by atoms with Gasteiger partial charge in [0.25, 0.3) is 0 Å². The summed E-state index contributed by atoms with van der Waals surface area (Å²) in [4.78, 5) is 0. The van der Waals surface area contributed by atoms with Gasteiger partial charge in [0.05, 0.1) is 17.2 Å². The topological polar surface area (TPSA) is 30.5 Å². The highest BCUT2D eigenvalue weighted by Crippen LogP contribution is 2.26. The quantitative estimate of drug-likeness (QED) is 0.737. The largest absolute Gasteiger partial charge is 0.490 e. The summed E-state index contributed by atoms with van der Waals surface area (Å²) in [7, 11) is 0. The van der Waals surface area contributed by atoms with Gasteiger partial charge in [-0.2, -0.15) is 0 Å². The molecule has 19 heavy (non-hydrogen) atoms. The summed E-state index contributed by atoms with van der Waals surface area (Å²) in [6.45, 7) is 10.4. The Morgan fingerprint density at radius 1 is 1.16 bits per heavy atom. The Morgan fingerprint density at radius 3 is 2.47 bits per heavy atom. The Bertz CT molecular complexity index is 380. The molecule has 1 aromatic rings. The highest BCUT2D eigenvalue weighted by molar-refractivity contribution is 9.10. The number of ether oxygens (including phenoxy) is 2. The average molecular weight is 330 g/mol. The summed E-state index contributed by atoms with van der Waals surface area (Å²) in [5.41, 5.74) is 1.24. The molecule has 3 nitrogen and oxygen atoms in total. The van der Waals surface area contributed by atoms with Gasteiger partial charge in [-0.1, -0.05) is 19.9 Å². The van der Waals surface area contributed by atoms with Crippen LogP contribution < -0.4 is 10.1 Å². The van der Waals surface area contributed by atoms with Gasteiger partial charge >= 0.3 is 0 Å². The Morgan fingerprint density at radius 2 is 1.89 bits per heavy atom. The van der Waals surface area contributed by atoms with Gasteiger partial charge in [0.15, 0.2) is 0 Å². The van der Waals surface area contributed by atoms with Crippen LogP contribution in [0.1, 0.15) is 33.3 Å². The monoisotopic (exact) mass is 329 g/mol. The fourth-order valence-corrected chi connectivity index (χ4v) is 2.07. The molecule has 4 heteroatoms. The fraction of sp³-hybridized carbons (Fsp3) is 0.600. The van der Waals surface area contributed by atoms with Crippen molar-refractivity contribution in [1.82, 2.24) is 5.32 Å². The summed E-state index contributed by atoms with van der Waals surface area (Å²) in [6.07, 6.45) is 0.247. The Kier molecular flexibility index (Phi) is 7.42. The van der Waals surface area contributed by atoms with E-state index in [-0.39, 0.29) is 6.10 Å². The van der Waals surface area contributed by atoms with Crippen LogP contribution in [-0.2, 0) is 11.3 Å². The van der Waals surface area contributed by atoms with Crippen molar-refractivity contribution in [3.05, 3.63) is 28.2 Å². The number of rotatable bonds is 8. The molecule has 0 spiro atoms. The molecule has 0 bridgehead atoms. The molecule has 0 saturated carbocycles. The SMILES string of the molecule is CC(C)NCc1ccc(OCCOC(C)C)c(Br)c1. The normalized spacial score (nSPS) is 11.3. The van der Waals surface area contributed by atoms with Crippen molar-refractivity contribution >= 4 is 15.9 Å². The lowest BCUT2D eigenvalue weighted by atomic mass is 10.2. The number of hydrogen-bond acceptors (Lipinski definition) is 3. The second-order valence-electron chi connectivity index (χ2n) is 5.07. The van der Waals surface area contributed by atoms with Gasteiger partial charge in [-0.3, -0.25) is 0 Å². The van der Waals surface area contributed by atoms with E-state index in [1.165, 1.54) is 5.56 Å². The first-order valence-electron chi connectivity index (χ1n) is 6.75. The zero-order chi connectivity index (χ0) is 14.3. The van der Waals surface area contributed by atoms with E-state index in [2.05, 4.69) is 47.2 Å². The molecule has 0 heterocycles. The zero-order valence-electron chi connectivity index (χ0n) is 12.2. The molecule has 0 aliphatic carbocycles. The van der Waals surface area contributed by atoms with Crippen molar-refractivity contribution in [1.29, 1.82) is 0 Å². The van der Waals surface area contributed by atoms with E-state index < -0.39 is 0 Å². The van der Waals surface area contributed by atoms with Crippen LogP contribution in [0.2, 0.25) is 0 Å². The number of nitrogens with one attached hydrogen (secondary N) is 1. The third-order valence-electron chi connectivity index (χ3n) is 2.50. The van der Waals surface area contributed by atoms with E-state index in [1.807, 2.05) is 19.9 Å². The molecule has 1 aromatic carbocycles. The van der Waals surface area contributed by atoms with E-state index in [0.29, 0.717) is 19.3 Å². The smallest absolute Gasteiger partial charge is 0.133 e. The average Bonchev–Trinajstić information content (AvgIpc) is 2.33. The lowest BCUT2D eigenvalue weighted by Gasteiger charge is -2.12. The highest BCUT2D eigenvalue weighted by Gasteiger charge is 2.04. The maximum Gasteiger partial charge on any atom is 0.133 e. The highest BCUT2D eigenvalue weighted by atomic mass is 79.9. The summed E-state index contributed by atoms with van der Waals surface area (Å²) >= 11 is 3.54. The lowest BCUT2D eigenvalue weighted by Crippen LogP contribution is -2.21. The molecule has 0 radical (unpaired) electrons. The van der Waals surface area contributed by atoms with Gasteiger partial charge < -0.3 is 14.8 Å². The van der Waals surface area contributed by atoms with Crippen LogP contribution in [0.4, 0.5) is 0 Å². The van der Waals surface area contributed by atoms with Crippen molar-refractivity contribution in [3.63, 3.8) is 0 Å². The maximum atomic E-state index is 5.68. The molecule has 1 N–H and O–H groups in total. The van der Waals surface area contributed by atoms with Crippen molar-refractivity contribution < 1.29 is 9.47 Å². The van der Waals surface area contributed by atoms with Gasteiger partial charge in [-0.05, 0) is 47.5 Å². The Hall–Kier alpha value is -0.580. The molecule has 0 atom stereocenters.